The zero-order valence-electron chi connectivity index (χ0n) is 27.6. The molecule has 0 aromatic heterocycles. The van der Waals surface area contributed by atoms with Crippen LogP contribution in [-0.4, -0.2) is 46.4 Å². The normalized spacial score (nSPS) is 12.2. The SMILES string of the molecule is CCOC(=O)C(C(=O)C[C@@](Cc1ccccc1)(NC(=O)OCc1ccccc1)C(=O)O)=P(c1ccccc1)(c1ccccc1)c1ccccc1. The van der Waals surface area contributed by atoms with Crippen LogP contribution in [-0.2, 0) is 36.9 Å². The number of carboxylic acids is 1. The van der Waals surface area contributed by atoms with Gasteiger partial charge in [-0.2, -0.15) is 0 Å². The van der Waals surface area contributed by atoms with Crippen molar-refractivity contribution in [3.05, 3.63) is 163 Å². The van der Waals surface area contributed by atoms with Crippen LogP contribution in [0.1, 0.15) is 24.5 Å². The molecule has 0 heterocycles. The van der Waals surface area contributed by atoms with E-state index in [9.17, 15) is 19.5 Å². The number of ketones is 1. The summed E-state index contributed by atoms with van der Waals surface area (Å²) in [5.41, 5.74) is -0.952. The van der Waals surface area contributed by atoms with E-state index in [-0.39, 0.29) is 24.9 Å². The van der Waals surface area contributed by atoms with Gasteiger partial charge < -0.3 is 19.9 Å². The second kappa shape index (κ2) is 16.6. The van der Waals surface area contributed by atoms with Gasteiger partial charge in [0.05, 0.1) is 6.61 Å². The lowest BCUT2D eigenvalue weighted by atomic mass is 9.85. The van der Waals surface area contributed by atoms with Gasteiger partial charge in [0.1, 0.15) is 11.9 Å². The molecule has 0 unspecified atom stereocenters. The molecule has 1 amide bonds. The molecule has 1 atom stereocenters. The van der Waals surface area contributed by atoms with E-state index in [1.54, 1.807) is 61.5 Å². The van der Waals surface area contributed by atoms with Crippen molar-refractivity contribution in [3.8, 4) is 0 Å². The Morgan fingerprint density at radius 2 is 1.04 bits per heavy atom. The molecule has 5 aromatic rings. The van der Waals surface area contributed by atoms with Gasteiger partial charge in [0, 0.05) is 12.8 Å². The van der Waals surface area contributed by atoms with E-state index in [4.69, 9.17) is 9.47 Å². The lowest BCUT2D eigenvalue weighted by Gasteiger charge is -2.34. The average molecular weight is 688 g/mol. The Labute approximate surface area is 291 Å². The van der Waals surface area contributed by atoms with Gasteiger partial charge in [0.15, 0.2) is 11.3 Å². The van der Waals surface area contributed by atoms with E-state index >= 15 is 4.79 Å². The highest BCUT2D eigenvalue weighted by Gasteiger charge is 2.47. The lowest BCUT2D eigenvalue weighted by Crippen LogP contribution is -2.58. The Bertz CT molecular complexity index is 1870. The number of esters is 1. The van der Waals surface area contributed by atoms with Crippen molar-refractivity contribution in [2.75, 3.05) is 6.61 Å². The van der Waals surface area contributed by atoms with Crippen LogP contribution in [0.2, 0.25) is 0 Å². The molecule has 50 heavy (non-hydrogen) atoms. The number of aliphatic carboxylic acids is 1. The maximum Gasteiger partial charge on any atom is 0.408 e. The van der Waals surface area contributed by atoms with Crippen molar-refractivity contribution >= 4 is 51.9 Å². The Kier molecular flexibility index (Phi) is 11.8. The number of carbonyl (C=O) groups excluding carboxylic acids is 3. The fourth-order valence-corrected chi connectivity index (χ4v) is 10.4. The fraction of sp³-hybridized carbons (Fsp3) is 0.146. The molecule has 9 heteroatoms. The quantitative estimate of drug-likeness (QED) is 0.0878. The van der Waals surface area contributed by atoms with Crippen molar-refractivity contribution in [3.63, 3.8) is 0 Å². The molecular formula is C41H38NO7P. The topological polar surface area (TPSA) is 119 Å². The number of carbonyl (C=O) groups is 4. The van der Waals surface area contributed by atoms with E-state index in [0.717, 1.165) is 0 Å². The number of benzene rings is 5. The van der Waals surface area contributed by atoms with Crippen LogP contribution in [0.15, 0.2) is 152 Å². The molecule has 0 aliphatic rings. The Balaban J connectivity index is 1.74. The highest BCUT2D eigenvalue weighted by molar-refractivity contribution is 7.97. The van der Waals surface area contributed by atoms with Crippen molar-refractivity contribution in [2.45, 2.75) is 31.9 Å². The number of alkyl carbamates (subject to hydrolysis) is 1. The largest absolute Gasteiger partial charge is 0.479 e. The first-order valence-corrected chi connectivity index (χ1v) is 18.0. The van der Waals surface area contributed by atoms with Crippen LogP contribution in [0.4, 0.5) is 4.79 Å². The second-order valence-electron chi connectivity index (χ2n) is 11.6. The number of rotatable bonds is 14. The minimum atomic E-state index is -3.34. The molecule has 0 saturated heterocycles. The molecule has 0 spiro atoms. The van der Waals surface area contributed by atoms with Crippen LogP contribution in [0.3, 0.4) is 0 Å². The summed E-state index contributed by atoms with van der Waals surface area (Å²) in [5.74, 6) is -3.08. The van der Waals surface area contributed by atoms with E-state index in [0.29, 0.717) is 27.0 Å². The lowest BCUT2D eigenvalue weighted by molar-refractivity contribution is -0.146. The standard InChI is InChI=1S/C41H38NO7P/c1-2-48-38(44)37(50(33-22-12-5-13-23-33,34-24-14-6-15-25-34)35-26-16-7-17-27-35)36(43)29-41(39(45)46,28-31-18-8-3-9-19-31)42-40(47)49-30-32-20-10-4-11-21-32/h3-27H,2,28-30H2,1H3,(H,42,47)(H,45,46)/t41-/m1/s1. The number of ether oxygens (including phenoxy) is 2. The maximum absolute atomic E-state index is 15.1. The Hall–Kier alpha value is -5.72. The number of Topliss-reactive ketones (excluding diaryl/α,β-unsaturated/α-hetero) is 1. The molecule has 0 fully saturated rings. The van der Waals surface area contributed by atoms with Gasteiger partial charge in [-0.25, -0.2) is 14.4 Å². The molecule has 0 aliphatic heterocycles. The van der Waals surface area contributed by atoms with E-state index in [1.165, 1.54) is 0 Å². The molecular weight excluding hydrogens is 649 g/mol. The first kappa shape index (κ1) is 35.6. The number of amides is 1. The van der Waals surface area contributed by atoms with Gasteiger partial charge in [-0.3, -0.25) is 4.79 Å². The van der Waals surface area contributed by atoms with Gasteiger partial charge in [0.25, 0.3) is 0 Å². The summed E-state index contributed by atoms with van der Waals surface area (Å²) in [6.45, 7) is -1.83. The molecule has 0 saturated carbocycles. The van der Waals surface area contributed by atoms with E-state index in [1.807, 2.05) is 97.1 Å². The zero-order valence-corrected chi connectivity index (χ0v) is 28.5. The third-order valence-electron chi connectivity index (χ3n) is 8.27. The van der Waals surface area contributed by atoms with Crippen molar-refractivity contribution in [1.29, 1.82) is 0 Å². The van der Waals surface area contributed by atoms with Gasteiger partial charge in [-0.05, 0) is 40.9 Å². The van der Waals surface area contributed by atoms with Crippen LogP contribution >= 0.6 is 6.89 Å². The molecule has 0 bridgehead atoms. The van der Waals surface area contributed by atoms with E-state index < -0.39 is 42.7 Å². The van der Waals surface area contributed by atoms with Gasteiger partial charge in [-0.15, -0.1) is 0 Å². The monoisotopic (exact) mass is 687 g/mol. The molecule has 8 nitrogen and oxygen atoms in total. The highest BCUT2D eigenvalue weighted by Crippen LogP contribution is 2.47. The summed E-state index contributed by atoms with van der Waals surface area (Å²) in [4.78, 5) is 56.3. The van der Waals surface area contributed by atoms with Crippen LogP contribution in [0, 0.1) is 0 Å². The Morgan fingerprint density at radius 3 is 1.46 bits per heavy atom. The predicted octanol–water partition coefficient (Wildman–Crippen LogP) is 5.67. The third-order valence-corrected chi connectivity index (χ3v) is 12.6. The average Bonchev–Trinajstić information content (AvgIpc) is 3.14. The number of hydrogen-bond acceptors (Lipinski definition) is 6. The summed E-state index contributed by atoms with van der Waals surface area (Å²) in [6.07, 6.45) is -2.05. The van der Waals surface area contributed by atoms with Crippen LogP contribution < -0.4 is 21.2 Å². The Morgan fingerprint density at radius 1 is 0.620 bits per heavy atom. The minimum absolute atomic E-state index is 0.0217. The molecule has 2 N–H and O–H groups in total. The van der Waals surface area contributed by atoms with Crippen molar-refractivity contribution in [1.82, 2.24) is 5.32 Å². The van der Waals surface area contributed by atoms with E-state index in [2.05, 4.69) is 5.32 Å². The zero-order chi connectivity index (χ0) is 35.4. The van der Waals surface area contributed by atoms with Gasteiger partial charge >= 0.3 is 18.0 Å². The van der Waals surface area contributed by atoms with Crippen molar-refractivity contribution in [2.24, 2.45) is 0 Å². The summed E-state index contributed by atoms with van der Waals surface area (Å²) >= 11 is 0. The first-order chi connectivity index (χ1) is 24.3. The summed E-state index contributed by atoms with van der Waals surface area (Å²) in [7, 11) is 0. The van der Waals surface area contributed by atoms with Gasteiger partial charge in [0.2, 0.25) is 0 Å². The minimum Gasteiger partial charge on any atom is -0.479 e. The molecule has 5 aromatic carbocycles. The second-order valence-corrected chi connectivity index (χ2v) is 14.9. The molecule has 5 rings (SSSR count). The number of carboxylic acid groups (broad SMARTS) is 1. The molecule has 254 valence electrons. The maximum atomic E-state index is 15.1. The summed E-state index contributed by atoms with van der Waals surface area (Å²) in [5, 5.41) is 15.4. The highest BCUT2D eigenvalue weighted by atomic mass is 31.2. The van der Waals surface area contributed by atoms with Crippen LogP contribution in [0.5, 0.6) is 0 Å². The number of hydrogen-bond donors (Lipinski definition) is 2. The smallest absolute Gasteiger partial charge is 0.408 e. The number of nitrogens with one attached hydrogen (secondary N) is 1. The van der Waals surface area contributed by atoms with Gasteiger partial charge in [-0.1, -0.05) is 152 Å². The third kappa shape index (κ3) is 7.94. The fourth-order valence-electron chi connectivity index (χ4n) is 6.04. The first-order valence-electron chi connectivity index (χ1n) is 16.2. The molecule has 0 radical (unpaired) electrons. The molecule has 0 aliphatic carbocycles. The van der Waals surface area contributed by atoms with Crippen molar-refractivity contribution < 1.29 is 33.8 Å². The van der Waals surface area contributed by atoms with Crippen LogP contribution in [0.25, 0.3) is 0 Å². The summed E-state index contributed by atoms with van der Waals surface area (Å²) < 4.78 is 11.1. The summed E-state index contributed by atoms with van der Waals surface area (Å²) in [6, 6.07) is 45.4. The predicted molar refractivity (Wildman–Crippen MR) is 197 cm³/mol.